The third kappa shape index (κ3) is 2.36. The Labute approximate surface area is 94.8 Å². The van der Waals surface area contributed by atoms with Crippen LogP contribution in [0.5, 0.6) is 0 Å². The molecule has 0 aromatic heterocycles. The molecule has 4 nitrogen and oxygen atoms in total. The molecule has 0 spiro atoms. The highest BCUT2D eigenvalue weighted by molar-refractivity contribution is 7.89. The van der Waals surface area contributed by atoms with Gasteiger partial charge in [0.05, 0.1) is 0 Å². The van der Waals surface area contributed by atoms with Crippen LogP contribution in [0.1, 0.15) is 32.1 Å². The van der Waals surface area contributed by atoms with Crippen LogP contribution < -0.4 is 5.73 Å². The molecule has 0 amide bonds. The van der Waals surface area contributed by atoms with Crippen molar-refractivity contribution in [2.45, 2.75) is 43.4 Å². The van der Waals surface area contributed by atoms with Crippen LogP contribution in [0.2, 0.25) is 0 Å². The van der Waals surface area contributed by atoms with Crippen molar-refractivity contribution in [1.29, 1.82) is 0 Å². The van der Waals surface area contributed by atoms with Crippen molar-refractivity contribution in [3.05, 3.63) is 0 Å². The maximum Gasteiger partial charge on any atom is 0.350 e. The summed E-state index contributed by atoms with van der Waals surface area (Å²) in [6.45, 7) is 0.0927. The quantitative estimate of drug-likeness (QED) is 0.820. The minimum Gasteiger partial charge on any atom is -0.329 e. The van der Waals surface area contributed by atoms with Crippen LogP contribution in [0, 0.1) is 0 Å². The van der Waals surface area contributed by atoms with Crippen LogP contribution >= 0.6 is 0 Å². The van der Waals surface area contributed by atoms with Crippen LogP contribution in [0.25, 0.3) is 0 Å². The predicted octanol–water partition coefficient (Wildman–Crippen LogP) is 1.13. The van der Waals surface area contributed by atoms with Gasteiger partial charge < -0.3 is 5.73 Å². The lowest BCUT2D eigenvalue weighted by atomic mass is 9.82. The molecule has 1 saturated carbocycles. The first-order valence-electron chi connectivity index (χ1n) is 5.33. The smallest absolute Gasteiger partial charge is 0.329 e. The summed E-state index contributed by atoms with van der Waals surface area (Å²) in [4.78, 5) is 0. The molecule has 0 bridgehead atoms. The fraction of sp³-hybridized carbons (Fsp3) is 1.00. The summed E-state index contributed by atoms with van der Waals surface area (Å²) >= 11 is 0. The van der Waals surface area contributed by atoms with Gasteiger partial charge in [-0.1, -0.05) is 19.3 Å². The lowest BCUT2D eigenvalue weighted by Gasteiger charge is -2.42. The molecule has 16 heavy (non-hydrogen) atoms. The summed E-state index contributed by atoms with van der Waals surface area (Å²) < 4.78 is 48.5. The van der Waals surface area contributed by atoms with Crippen molar-refractivity contribution in [2.75, 3.05) is 13.6 Å². The van der Waals surface area contributed by atoms with E-state index in [2.05, 4.69) is 0 Å². The summed E-state index contributed by atoms with van der Waals surface area (Å²) in [5.74, 6) is -3.37. The van der Waals surface area contributed by atoms with Crippen LogP contribution in [0.15, 0.2) is 0 Å². The van der Waals surface area contributed by atoms with E-state index >= 15 is 0 Å². The topological polar surface area (TPSA) is 63.4 Å². The predicted molar refractivity (Wildman–Crippen MR) is 57.6 cm³/mol. The number of halogens is 2. The summed E-state index contributed by atoms with van der Waals surface area (Å²) in [5.41, 5.74) is 4.77. The van der Waals surface area contributed by atoms with Gasteiger partial charge in [0.15, 0.2) is 0 Å². The lowest BCUT2D eigenvalue weighted by molar-refractivity contribution is 0.141. The highest BCUT2D eigenvalue weighted by Gasteiger charge is 2.44. The number of rotatable bonds is 4. The first-order chi connectivity index (χ1) is 7.37. The van der Waals surface area contributed by atoms with Gasteiger partial charge in [-0.3, -0.25) is 0 Å². The Kier molecular flexibility index (Phi) is 4.25. The highest BCUT2D eigenvalue weighted by Crippen LogP contribution is 2.34. The van der Waals surface area contributed by atoms with E-state index in [-0.39, 0.29) is 6.54 Å². The van der Waals surface area contributed by atoms with E-state index in [1.807, 2.05) is 0 Å². The Morgan fingerprint density at radius 1 is 1.31 bits per heavy atom. The molecule has 0 unspecified atom stereocenters. The van der Waals surface area contributed by atoms with Gasteiger partial charge in [0.1, 0.15) is 0 Å². The zero-order valence-corrected chi connectivity index (χ0v) is 10.1. The third-order valence-corrected chi connectivity index (χ3v) is 5.04. The van der Waals surface area contributed by atoms with Crippen LogP contribution in [0.3, 0.4) is 0 Å². The summed E-state index contributed by atoms with van der Waals surface area (Å²) in [7, 11) is -3.32. The van der Waals surface area contributed by atoms with Crippen LogP contribution in [-0.2, 0) is 10.0 Å². The Bertz CT molecular complexity index is 326. The van der Waals surface area contributed by atoms with E-state index in [9.17, 15) is 17.2 Å². The Balaban J connectivity index is 2.96. The molecule has 0 atom stereocenters. The van der Waals surface area contributed by atoms with Gasteiger partial charge in [-0.05, 0) is 12.8 Å². The van der Waals surface area contributed by atoms with Gasteiger partial charge in [0.25, 0.3) is 10.0 Å². The number of likely N-dealkylation sites (N-methyl/N-ethyl adjacent to an activating group) is 1. The van der Waals surface area contributed by atoms with Gasteiger partial charge in [0, 0.05) is 19.1 Å². The minimum absolute atomic E-state index is 0.0927. The molecule has 0 radical (unpaired) electrons. The van der Waals surface area contributed by atoms with Gasteiger partial charge in [-0.2, -0.15) is 13.1 Å². The van der Waals surface area contributed by atoms with E-state index < -0.39 is 21.3 Å². The molecule has 1 fully saturated rings. The molecule has 96 valence electrons. The minimum atomic E-state index is -4.53. The first-order valence-corrected chi connectivity index (χ1v) is 6.83. The van der Waals surface area contributed by atoms with E-state index in [4.69, 9.17) is 5.73 Å². The Morgan fingerprint density at radius 3 is 2.19 bits per heavy atom. The number of nitrogens with two attached hydrogens (primary N) is 1. The second-order valence-corrected chi connectivity index (χ2v) is 6.20. The van der Waals surface area contributed by atoms with Crippen molar-refractivity contribution in [3.63, 3.8) is 0 Å². The van der Waals surface area contributed by atoms with E-state index in [1.54, 1.807) is 0 Å². The molecular weight excluding hydrogens is 238 g/mol. The molecule has 2 N–H and O–H groups in total. The SMILES string of the molecule is CN(C1(CN)CCCCC1)S(=O)(=O)C(F)F. The number of nitrogens with zero attached hydrogens (tertiary/aromatic N) is 1. The monoisotopic (exact) mass is 256 g/mol. The number of alkyl halides is 2. The average Bonchev–Trinajstić information content (AvgIpc) is 2.28. The molecule has 1 aliphatic rings. The molecule has 0 heterocycles. The van der Waals surface area contributed by atoms with Gasteiger partial charge in [-0.25, -0.2) is 8.42 Å². The summed E-state index contributed by atoms with van der Waals surface area (Å²) in [6.07, 6.45) is 3.79. The molecule has 7 heteroatoms. The van der Waals surface area contributed by atoms with Crippen molar-refractivity contribution < 1.29 is 17.2 Å². The lowest BCUT2D eigenvalue weighted by Crippen LogP contribution is -2.56. The Hall–Kier alpha value is -0.270. The first kappa shape index (κ1) is 13.8. The summed E-state index contributed by atoms with van der Waals surface area (Å²) in [5, 5.41) is 0. The number of sulfonamides is 1. The average molecular weight is 256 g/mol. The van der Waals surface area contributed by atoms with Crippen LogP contribution in [-0.4, -0.2) is 37.6 Å². The fourth-order valence-corrected chi connectivity index (χ4v) is 3.28. The zero-order chi connectivity index (χ0) is 12.4. The van der Waals surface area contributed by atoms with Crippen LogP contribution in [0.4, 0.5) is 8.78 Å². The molecule has 0 aromatic carbocycles. The summed E-state index contributed by atoms with van der Waals surface area (Å²) in [6, 6.07) is 0. The van der Waals surface area contributed by atoms with Crippen molar-refractivity contribution >= 4 is 10.0 Å². The molecule has 1 rings (SSSR count). The fourth-order valence-electron chi connectivity index (χ4n) is 2.25. The maximum atomic E-state index is 12.5. The largest absolute Gasteiger partial charge is 0.350 e. The van der Waals surface area contributed by atoms with Crippen molar-refractivity contribution in [2.24, 2.45) is 5.73 Å². The zero-order valence-electron chi connectivity index (χ0n) is 9.33. The molecule has 0 aromatic rings. The van der Waals surface area contributed by atoms with E-state index in [1.165, 1.54) is 7.05 Å². The molecule has 0 saturated heterocycles. The second-order valence-electron chi connectivity index (χ2n) is 4.26. The van der Waals surface area contributed by atoms with Crippen molar-refractivity contribution in [1.82, 2.24) is 4.31 Å². The van der Waals surface area contributed by atoms with Gasteiger partial charge in [-0.15, -0.1) is 0 Å². The number of hydrogen-bond acceptors (Lipinski definition) is 3. The molecular formula is C9H18F2N2O2S. The standard InChI is InChI=1S/C9H18F2N2O2S/c1-13(16(14,15)8(10)11)9(7-12)5-3-2-4-6-9/h8H,2-7,12H2,1H3. The number of hydrogen-bond donors (Lipinski definition) is 1. The molecule has 0 aliphatic heterocycles. The van der Waals surface area contributed by atoms with E-state index in [0.29, 0.717) is 12.8 Å². The molecule has 1 aliphatic carbocycles. The Morgan fingerprint density at radius 2 is 1.81 bits per heavy atom. The third-order valence-electron chi connectivity index (χ3n) is 3.44. The van der Waals surface area contributed by atoms with Gasteiger partial charge in [0.2, 0.25) is 0 Å². The normalized spacial score (nSPS) is 21.6. The van der Waals surface area contributed by atoms with E-state index in [0.717, 1.165) is 23.6 Å². The van der Waals surface area contributed by atoms with Crippen molar-refractivity contribution in [3.8, 4) is 0 Å². The highest BCUT2D eigenvalue weighted by atomic mass is 32.2. The maximum absolute atomic E-state index is 12.5. The second kappa shape index (κ2) is 4.93. The van der Waals surface area contributed by atoms with Gasteiger partial charge >= 0.3 is 5.76 Å².